The third-order valence-electron chi connectivity index (χ3n) is 3.27. The van der Waals surface area contributed by atoms with Gasteiger partial charge in [-0.05, 0) is 64.3 Å². The van der Waals surface area contributed by atoms with Crippen molar-refractivity contribution in [1.82, 2.24) is 0 Å². The zero-order chi connectivity index (χ0) is 15.0. The van der Waals surface area contributed by atoms with Gasteiger partial charge in [0.2, 0.25) is 0 Å². The molecule has 3 rings (SSSR count). The van der Waals surface area contributed by atoms with E-state index in [0.717, 1.165) is 24.2 Å². The summed E-state index contributed by atoms with van der Waals surface area (Å²) < 4.78 is 27.9. The predicted molar refractivity (Wildman–Crippen MR) is 88.6 cm³/mol. The standard InChI is InChI=1S/C14H12BrClN2O2S/c15-12-8-11(2-3-13(12)16)21(19,20)18-10-1-4-14-9(7-10)5-6-17-14/h1-4,7-8,17-18H,5-6H2. The number of hydrogen-bond donors (Lipinski definition) is 2. The number of nitrogens with one attached hydrogen (secondary N) is 2. The number of sulfonamides is 1. The topological polar surface area (TPSA) is 58.2 Å². The molecule has 1 aliphatic heterocycles. The van der Waals surface area contributed by atoms with Gasteiger partial charge in [0.25, 0.3) is 10.0 Å². The zero-order valence-corrected chi connectivity index (χ0v) is 14.0. The van der Waals surface area contributed by atoms with Gasteiger partial charge in [-0.2, -0.15) is 0 Å². The van der Waals surface area contributed by atoms with E-state index in [1.165, 1.54) is 12.1 Å². The average molecular weight is 388 g/mol. The van der Waals surface area contributed by atoms with Crippen molar-refractivity contribution in [2.75, 3.05) is 16.6 Å². The predicted octanol–water partition coefficient (Wildman–Crippen LogP) is 3.87. The molecule has 7 heteroatoms. The van der Waals surface area contributed by atoms with Crippen LogP contribution in [0, 0.1) is 0 Å². The summed E-state index contributed by atoms with van der Waals surface area (Å²) in [5.74, 6) is 0. The van der Waals surface area contributed by atoms with Gasteiger partial charge in [-0.25, -0.2) is 8.42 Å². The number of fused-ring (bicyclic) bond motifs is 1. The fourth-order valence-corrected chi connectivity index (χ4v) is 3.95. The molecule has 0 amide bonds. The van der Waals surface area contributed by atoms with Gasteiger partial charge in [0.1, 0.15) is 0 Å². The fourth-order valence-electron chi connectivity index (χ4n) is 2.23. The van der Waals surface area contributed by atoms with Gasteiger partial charge in [-0.1, -0.05) is 11.6 Å². The lowest BCUT2D eigenvalue weighted by molar-refractivity contribution is 0.601. The average Bonchev–Trinajstić information content (AvgIpc) is 2.88. The van der Waals surface area contributed by atoms with Gasteiger partial charge in [-0.3, -0.25) is 4.72 Å². The van der Waals surface area contributed by atoms with Gasteiger partial charge >= 0.3 is 0 Å². The van der Waals surface area contributed by atoms with Crippen molar-refractivity contribution in [2.45, 2.75) is 11.3 Å². The molecule has 0 saturated heterocycles. The molecule has 1 aliphatic rings. The summed E-state index contributed by atoms with van der Waals surface area (Å²) in [7, 11) is -3.63. The molecule has 0 saturated carbocycles. The maximum absolute atomic E-state index is 12.4. The smallest absolute Gasteiger partial charge is 0.261 e. The van der Waals surface area contributed by atoms with Gasteiger partial charge < -0.3 is 5.32 Å². The van der Waals surface area contributed by atoms with E-state index in [2.05, 4.69) is 26.0 Å². The summed E-state index contributed by atoms with van der Waals surface area (Å²) in [5, 5.41) is 3.71. The highest BCUT2D eigenvalue weighted by Gasteiger charge is 2.17. The normalized spacial score (nSPS) is 13.6. The second-order valence-electron chi connectivity index (χ2n) is 4.73. The van der Waals surface area contributed by atoms with E-state index in [4.69, 9.17) is 11.6 Å². The molecular weight excluding hydrogens is 376 g/mol. The van der Waals surface area contributed by atoms with Crippen LogP contribution in [0.15, 0.2) is 45.8 Å². The van der Waals surface area contributed by atoms with Crippen molar-refractivity contribution in [1.29, 1.82) is 0 Å². The van der Waals surface area contributed by atoms with Crippen molar-refractivity contribution >= 4 is 48.9 Å². The molecule has 110 valence electrons. The summed E-state index contributed by atoms with van der Waals surface area (Å²) >= 11 is 9.12. The van der Waals surface area contributed by atoms with E-state index >= 15 is 0 Å². The molecule has 2 aromatic carbocycles. The summed E-state index contributed by atoms with van der Waals surface area (Å²) in [6.07, 6.45) is 0.900. The molecule has 21 heavy (non-hydrogen) atoms. The van der Waals surface area contributed by atoms with E-state index in [-0.39, 0.29) is 4.90 Å². The van der Waals surface area contributed by atoms with E-state index in [0.29, 0.717) is 15.2 Å². The van der Waals surface area contributed by atoms with E-state index < -0.39 is 10.0 Å². The maximum atomic E-state index is 12.4. The van der Waals surface area contributed by atoms with Crippen LogP contribution in [0.25, 0.3) is 0 Å². The van der Waals surface area contributed by atoms with E-state index in [9.17, 15) is 8.42 Å². The maximum Gasteiger partial charge on any atom is 0.261 e. The van der Waals surface area contributed by atoms with Gasteiger partial charge in [0.05, 0.1) is 9.92 Å². The molecule has 4 nitrogen and oxygen atoms in total. The Kier molecular flexibility index (Phi) is 3.86. The number of benzene rings is 2. The van der Waals surface area contributed by atoms with Gasteiger partial charge in [-0.15, -0.1) is 0 Å². The van der Waals surface area contributed by atoms with Crippen molar-refractivity contribution < 1.29 is 8.42 Å². The van der Waals surface area contributed by atoms with Crippen molar-refractivity contribution in [3.63, 3.8) is 0 Å². The zero-order valence-electron chi connectivity index (χ0n) is 10.9. The lowest BCUT2D eigenvalue weighted by Gasteiger charge is -2.10. The Balaban J connectivity index is 1.90. The highest BCUT2D eigenvalue weighted by atomic mass is 79.9. The largest absolute Gasteiger partial charge is 0.384 e. The van der Waals surface area contributed by atoms with Crippen LogP contribution in [0.2, 0.25) is 5.02 Å². The van der Waals surface area contributed by atoms with Crippen LogP contribution in [0.4, 0.5) is 11.4 Å². The van der Waals surface area contributed by atoms with Crippen LogP contribution in [-0.2, 0) is 16.4 Å². The fraction of sp³-hybridized carbons (Fsp3) is 0.143. The highest BCUT2D eigenvalue weighted by molar-refractivity contribution is 9.10. The SMILES string of the molecule is O=S(=O)(Nc1ccc2c(c1)CCN2)c1ccc(Cl)c(Br)c1. The Labute approximate surface area is 136 Å². The lowest BCUT2D eigenvalue weighted by atomic mass is 10.1. The molecule has 1 heterocycles. The Hall–Kier alpha value is -1.24. The van der Waals surface area contributed by atoms with Gasteiger partial charge in [0, 0.05) is 22.4 Å². The quantitative estimate of drug-likeness (QED) is 0.840. The minimum Gasteiger partial charge on any atom is -0.384 e. The Bertz CT molecular complexity index is 809. The first-order valence-corrected chi connectivity index (χ1v) is 8.96. The highest BCUT2D eigenvalue weighted by Crippen LogP contribution is 2.28. The van der Waals surface area contributed by atoms with E-state index in [1.54, 1.807) is 12.1 Å². The number of halogens is 2. The van der Waals surface area contributed by atoms with Crippen LogP contribution in [0.3, 0.4) is 0 Å². The third-order valence-corrected chi connectivity index (χ3v) is 5.86. The molecular formula is C14H12BrClN2O2S. The Morgan fingerprint density at radius 3 is 2.76 bits per heavy atom. The Morgan fingerprint density at radius 1 is 1.19 bits per heavy atom. The van der Waals surface area contributed by atoms with Crippen LogP contribution in [0.1, 0.15) is 5.56 Å². The van der Waals surface area contributed by atoms with Crippen LogP contribution in [-0.4, -0.2) is 15.0 Å². The lowest BCUT2D eigenvalue weighted by Crippen LogP contribution is -2.13. The molecule has 0 aromatic heterocycles. The number of rotatable bonds is 3. The van der Waals surface area contributed by atoms with Crippen LogP contribution in [0.5, 0.6) is 0 Å². The first kappa shape index (κ1) is 14.7. The monoisotopic (exact) mass is 386 g/mol. The molecule has 0 spiro atoms. The van der Waals surface area contributed by atoms with E-state index in [1.807, 2.05) is 12.1 Å². The minimum atomic E-state index is -3.63. The summed E-state index contributed by atoms with van der Waals surface area (Å²) in [4.78, 5) is 0.164. The van der Waals surface area contributed by atoms with Crippen molar-refractivity contribution in [2.24, 2.45) is 0 Å². The molecule has 0 unspecified atom stereocenters. The van der Waals surface area contributed by atoms with Crippen molar-refractivity contribution in [3.05, 3.63) is 51.5 Å². The molecule has 0 fully saturated rings. The molecule has 0 radical (unpaired) electrons. The number of anilines is 2. The van der Waals surface area contributed by atoms with Gasteiger partial charge in [0.15, 0.2) is 0 Å². The summed E-state index contributed by atoms with van der Waals surface area (Å²) in [6.45, 7) is 0.885. The summed E-state index contributed by atoms with van der Waals surface area (Å²) in [6, 6.07) is 10.0. The van der Waals surface area contributed by atoms with Crippen molar-refractivity contribution in [3.8, 4) is 0 Å². The molecule has 0 atom stereocenters. The summed E-state index contributed by atoms with van der Waals surface area (Å²) in [5.41, 5.74) is 2.74. The minimum absolute atomic E-state index is 0.164. The molecule has 2 aromatic rings. The van der Waals surface area contributed by atoms with Crippen LogP contribution >= 0.6 is 27.5 Å². The molecule has 0 bridgehead atoms. The number of hydrogen-bond acceptors (Lipinski definition) is 3. The second kappa shape index (κ2) is 5.51. The third kappa shape index (κ3) is 3.02. The molecule has 2 N–H and O–H groups in total. The second-order valence-corrected chi connectivity index (χ2v) is 7.67. The first-order chi connectivity index (χ1) is 9.95. The van der Waals surface area contributed by atoms with Crippen LogP contribution < -0.4 is 10.0 Å². The Morgan fingerprint density at radius 2 is 2.00 bits per heavy atom. The first-order valence-electron chi connectivity index (χ1n) is 6.30. The molecule has 0 aliphatic carbocycles.